The molecule has 0 heterocycles. The third kappa shape index (κ3) is 3.35. The monoisotopic (exact) mass is 405 g/mol. The Morgan fingerprint density at radius 3 is 2.53 bits per heavy atom. The second-order valence-electron chi connectivity index (χ2n) is 3.68. The van der Waals surface area contributed by atoms with Crippen LogP contribution in [0.4, 0.5) is 10.1 Å². The lowest BCUT2D eigenvalue weighted by molar-refractivity contribution is 0.102. The van der Waals surface area contributed by atoms with Crippen LogP contribution in [-0.4, -0.2) is 5.91 Å². The summed E-state index contributed by atoms with van der Waals surface area (Å²) in [5, 5.41) is 3.14. The van der Waals surface area contributed by atoms with Gasteiger partial charge in [0.2, 0.25) is 0 Å². The minimum atomic E-state index is -0.583. The molecule has 98 valence electrons. The summed E-state index contributed by atoms with van der Waals surface area (Å²) in [5.74, 6) is -1.11. The van der Waals surface area contributed by atoms with E-state index in [0.717, 1.165) is 0 Å². The molecule has 0 aliphatic heterocycles. The highest BCUT2D eigenvalue weighted by molar-refractivity contribution is 9.10. The Balaban J connectivity index is 2.28. The average molecular weight is 407 g/mol. The van der Waals surface area contributed by atoms with Gasteiger partial charge in [0.15, 0.2) is 0 Å². The smallest absolute Gasteiger partial charge is 0.259 e. The van der Waals surface area contributed by atoms with Gasteiger partial charge in [-0.3, -0.25) is 4.79 Å². The van der Waals surface area contributed by atoms with Crippen LogP contribution in [-0.2, 0) is 0 Å². The van der Waals surface area contributed by atoms with E-state index in [-0.39, 0.29) is 5.56 Å². The summed E-state index contributed by atoms with van der Waals surface area (Å²) in [5.41, 5.74) is 0.491. The van der Waals surface area contributed by atoms with E-state index in [4.69, 9.17) is 11.6 Å². The van der Waals surface area contributed by atoms with Crippen LogP contribution >= 0.6 is 43.5 Å². The van der Waals surface area contributed by atoms with E-state index in [1.165, 1.54) is 12.1 Å². The molecule has 0 fully saturated rings. The van der Waals surface area contributed by atoms with Crippen molar-refractivity contribution in [3.8, 4) is 0 Å². The lowest BCUT2D eigenvalue weighted by atomic mass is 10.2. The zero-order chi connectivity index (χ0) is 14.0. The van der Waals surface area contributed by atoms with E-state index in [1.54, 1.807) is 24.3 Å². The van der Waals surface area contributed by atoms with Crippen LogP contribution in [0, 0.1) is 5.82 Å². The molecule has 6 heteroatoms. The summed E-state index contributed by atoms with van der Waals surface area (Å²) < 4.78 is 14.7. The quantitative estimate of drug-likeness (QED) is 0.723. The zero-order valence-corrected chi connectivity index (χ0v) is 13.3. The van der Waals surface area contributed by atoms with Crippen molar-refractivity contribution in [2.24, 2.45) is 0 Å². The van der Waals surface area contributed by atoms with E-state index in [9.17, 15) is 9.18 Å². The van der Waals surface area contributed by atoms with Crippen molar-refractivity contribution in [3.63, 3.8) is 0 Å². The first-order chi connectivity index (χ1) is 8.99. The molecule has 0 aromatic heterocycles. The Kier molecular flexibility index (Phi) is 4.60. The van der Waals surface area contributed by atoms with Crippen LogP contribution in [0.2, 0.25) is 5.02 Å². The van der Waals surface area contributed by atoms with Gasteiger partial charge in [0.25, 0.3) is 5.91 Å². The minimum Gasteiger partial charge on any atom is -0.322 e. The third-order valence-corrected chi connectivity index (χ3v) is 4.24. The van der Waals surface area contributed by atoms with Gasteiger partial charge in [-0.2, -0.15) is 0 Å². The van der Waals surface area contributed by atoms with Crippen molar-refractivity contribution in [2.45, 2.75) is 0 Å². The fourth-order valence-corrected chi connectivity index (χ4v) is 2.50. The Morgan fingerprint density at radius 1 is 1.16 bits per heavy atom. The number of carbonyl (C=O) groups excluding carboxylic acids is 1. The lowest BCUT2D eigenvalue weighted by Crippen LogP contribution is -2.14. The van der Waals surface area contributed by atoms with Crippen LogP contribution in [0.1, 0.15) is 10.4 Å². The highest BCUT2D eigenvalue weighted by Gasteiger charge is 2.15. The fourth-order valence-electron chi connectivity index (χ4n) is 1.48. The zero-order valence-electron chi connectivity index (χ0n) is 9.38. The number of nitrogens with one attached hydrogen (secondary N) is 1. The minimum absolute atomic E-state index is 0.0337. The summed E-state index contributed by atoms with van der Waals surface area (Å²) in [6, 6.07) is 9.29. The Labute approximate surface area is 131 Å². The van der Waals surface area contributed by atoms with Crippen molar-refractivity contribution in [2.75, 3.05) is 5.32 Å². The third-order valence-electron chi connectivity index (χ3n) is 2.37. The van der Waals surface area contributed by atoms with E-state index in [0.29, 0.717) is 19.7 Å². The fraction of sp³-hybridized carbons (Fsp3) is 0. The lowest BCUT2D eigenvalue weighted by Gasteiger charge is -2.08. The van der Waals surface area contributed by atoms with Gasteiger partial charge < -0.3 is 5.32 Å². The molecule has 2 nitrogen and oxygen atoms in total. The molecule has 2 rings (SSSR count). The van der Waals surface area contributed by atoms with E-state index < -0.39 is 11.7 Å². The highest BCUT2D eigenvalue weighted by Crippen LogP contribution is 2.27. The molecule has 0 saturated carbocycles. The molecule has 0 unspecified atom stereocenters. The van der Waals surface area contributed by atoms with Crippen molar-refractivity contribution in [1.29, 1.82) is 0 Å². The normalized spacial score (nSPS) is 10.3. The van der Waals surface area contributed by atoms with Gasteiger partial charge in [-0.05, 0) is 62.2 Å². The highest BCUT2D eigenvalue weighted by atomic mass is 79.9. The number of benzene rings is 2. The average Bonchev–Trinajstić information content (AvgIpc) is 2.33. The topological polar surface area (TPSA) is 29.1 Å². The second kappa shape index (κ2) is 6.03. The van der Waals surface area contributed by atoms with Crippen molar-refractivity contribution in [3.05, 3.63) is 61.7 Å². The van der Waals surface area contributed by atoms with E-state index >= 15 is 0 Å². The molecule has 1 amide bonds. The predicted molar refractivity (Wildman–Crippen MR) is 81.2 cm³/mol. The molecular formula is C13H7Br2ClFNO. The first-order valence-corrected chi connectivity index (χ1v) is 7.16. The van der Waals surface area contributed by atoms with Crippen LogP contribution < -0.4 is 5.32 Å². The summed E-state index contributed by atoms with van der Waals surface area (Å²) in [6.45, 7) is 0. The van der Waals surface area contributed by atoms with Gasteiger partial charge >= 0.3 is 0 Å². The largest absolute Gasteiger partial charge is 0.322 e. The summed E-state index contributed by atoms with van der Waals surface area (Å²) in [7, 11) is 0. The number of hydrogen-bond donors (Lipinski definition) is 1. The molecule has 0 atom stereocenters. The van der Waals surface area contributed by atoms with Gasteiger partial charge in [-0.15, -0.1) is 0 Å². The van der Waals surface area contributed by atoms with E-state index in [1.807, 2.05) is 0 Å². The summed E-state index contributed by atoms with van der Waals surface area (Å²) >= 11 is 12.3. The maximum Gasteiger partial charge on any atom is 0.259 e. The molecule has 0 saturated heterocycles. The number of amides is 1. The number of carbonyl (C=O) groups is 1. The first-order valence-electron chi connectivity index (χ1n) is 5.19. The van der Waals surface area contributed by atoms with Crippen molar-refractivity contribution >= 4 is 55.1 Å². The molecule has 2 aromatic rings. The Morgan fingerprint density at radius 2 is 1.89 bits per heavy atom. The molecule has 19 heavy (non-hydrogen) atoms. The standard InChI is InChI=1S/C13H7Br2ClFNO/c14-8-2-1-3-11(17)12(8)13(19)18-7-4-5-10(16)9(15)6-7/h1-6H,(H,18,19). The molecule has 2 aromatic carbocycles. The predicted octanol–water partition coefficient (Wildman–Crippen LogP) is 5.26. The van der Waals surface area contributed by atoms with Crippen LogP contribution in [0.15, 0.2) is 45.3 Å². The summed E-state index contributed by atoms with van der Waals surface area (Å²) in [6.07, 6.45) is 0. The van der Waals surface area contributed by atoms with Gasteiger partial charge in [0, 0.05) is 14.6 Å². The van der Waals surface area contributed by atoms with Crippen LogP contribution in [0.25, 0.3) is 0 Å². The van der Waals surface area contributed by atoms with E-state index in [2.05, 4.69) is 37.2 Å². The molecule has 0 bridgehead atoms. The van der Waals surface area contributed by atoms with Gasteiger partial charge in [0.1, 0.15) is 5.82 Å². The molecule has 0 aliphatic carbocycles. The first kappa shape index (κ1) is 14.5. The maximum atomic E-state index is 13.6. The number of anilines is 1. The number of halogens is 4. The Bertz CT molecular complexity index is 628. The molecule has 0 radical (unpaired) electrons. The molecule has 0 spiro atoms. The van der Waals surface area contributed by atoms with Crippen molar-refractivity contribution < 1.29 is 9.18 Å². The van der Waals surface area contributed by atoms with Crippen LogP contribution in [0.3, 0.4) is 0 Å². The SMILES string of the molecule is O=C(Nc1ccc(Cl)c(Br)c1)c1c(F)cccc1Br. The second-order valence-corrected chi connectivity index (χ2v) is 5.80. The molecular weight excluding hydrogens is 400 g/mol. The van der Waals surface area contributed by atoms with Crippen LogP contribution in [0.5, 0.6) is 0 Å². The van der Waals surface area contributed by atoms with Crippen molar-refractivity contribution in [1.82, 2.24) is 0 Å². The van der Waals surface area contributed by atoms with Gasteiger partial charge in [-0.25, -0.2) is 4.39 Å². The van der Waals surface area contributed by atoms with Gasteiger partial charge in [-0.1, -0.05) is 17.7 Å². The van der Waals surface area contributed by atoms with Gasteiger partial charge in [0.05, 0.1) is 10.6 Å². The Hall–Kier alpha value is -0.910. The number of hydrogen-bond acceptors (Lipinski definition) is 1. The molecule has 0 aliphatic rings. The number of rotatable bonds is 2. The summed E-state index contributed by atoms with van der Waals surface area (Å²) in [4.78, 5) is 12.0. The molecule has 1 N–H and O–H groups in total. The maximum absolute atomic E-state index is 13.6.